The van der Waals surface area contributed by atoms with Crippen molar-refractivity contribution in [3.8, 4) is 6.07 Å². The van der Waals surface area contributed by atoms with Gasteiger partial charge in [0, 0.05) is 16.9 Å². The predicted octanol–water partition coefficient (Wildman–Crippen LogP) is 3.00. The number of fused-ring (bicyclic) bond motifs is 1. The van der Waals surface area contributed by atoms with Crippen LogP contribution in [-0.2, 0) is 19.1 Å². The first-order valence-electron chi connectivity index (χ1n) is 9.09. The lowest BCUT2D eigenvalue weighted by molar-refractivity contribution is -0.143. The number of nitriles is 1. The number of carbonyl (C=O) groups excluding carboxylic acids is 2. The fourth-order valence-corrected chi connectivity index (χ4v) is 4.12. The Morgan fingerprint density at radius 3 is 2.59 bits per heavy atom. The van der Waals surface area contributed by atoms with Crippen LogP contribution in [0.2, 0.25) is 0 Å². The zero-order valence-electron chi connectivity index (χ0n) is 16.1. The highest BCUT2D eigenvalue weighted by Crippen LogP contribution is 2.44. The molecular weight excluding hydrogens is 392 g/mol. The second-order valence-corrected chi connectivity index (χ2v) is 7.12. The quantitative estimate of drug-likeness (QED) is 0.560. The summed E-state index contributed by atoms with van der Waals surface area (Å²) in [5, 5.41) is 21.9. The molecule has 0 aromatic heterocycles. The van der Waals surface area contributed by atoms with Crippen LogP contribution in [0.4, 0.5) is 5.69 Å². The Kier molecular flexibility index (Phi) is 6.24. The molecule has 9 heteroatoms. The molecule has 1 aromatic rings. The van der Waals surface area contributed by atoms with Crippen molar-refractivity contribution in [2.75, 3.05) is 25.1 Å². The highest BCUT2D eigenvalue weighted by Gasteiger charge is 2.38. The van der Waals surface area contributed by atoms with Gasteiger partial charge in [-0.2, -0.15) is 5.26 Å². The van der Waals surface area contributed by atoms with Crippen molar-refractivity contribution in [2.24, 2.45) is 0 Å². The minimum absolute atomic E-state index is 0.0227. The van der Waals surface area contributed by atoms with Crippen molar-refractivity contribution in [3.05, 3.63) is 46.1 Å². The van der Waals surface area contributed by atoms with Crippen molar-refractivity contribution < 1.29 is 19.1 Å². The van der Waals surface area contributed by atoms with Crippen LogP contribution in [0, 0.1) is 16.7 Å². The van der Waals surface area contributed by atoms with Gasteiger partial charge >= 0.3 is 11.9 Å². The van der Waals surface area contributed by atoms with Crippen LogP contribution in [0.1, 0.15) is 20.3 Å². The summed E-state index contributed by atoms with van der Waals surface area (Å²) >= 11 is 1.44. The molecule has 0 bridgehead atoms. The maximum atomic E-state index is 12.6. The Morgan fingerprint density at radius 2 is 1.93 bits per heavy atom. The molecule has 0 fully saturated rings. The van der Waals surface area contributed by atoms with Crippen LogP contribution in [0.3, 0.4) is 0 Å². The molecule has 1 aromatic carbocycles. The number of nitrogens with one attached hydrogen (secondary N) is 2. The molecule has 0 aliphatic carbocycles. The number of amidine groups is 1. The zero-order valence-corrected chi connectivity index (χ0v) is 16.9. The molecule has 0 saturated heterocycles. The first-order chi connectivity index (χ1) is 14.0. The molecule has 150 valence electrons. The van der Waals surface area contributed by atoms with Crippen LogP contribution >= 0.6 is 11.8 Å². The number of rotatable bonds is 5. The molecule has 0 unspecified atom stereocenters. The number of hydrogen-bond acceptors (Lipinski definition) is 8. The normalized spacial score (nSPS) is 18.1. The molecule has 2 heterocycles. The average molecular weight is 412 g/mol. The molecule has 0 radical (unpaired) electrons. The van der Waals surface area contributed by atoms with Crippen LogP contribution in [0.5, 0.6) is 0 Å². The minimum Gasteiger partial charge on any atom is -0.463 e. The summed E-state index contributed by atoms with van der Waals surface area (Å²) in [7, 11) is 0. The van der Waals surface area contributed by atoms with Gasteiger partial charge in [0.15, 0.2) is 0 Å². The lowest BCUT2D eigenvalue weighted by Gasteiger charge is -2.32. The lowest BCUT2D eigenvalue weighted by Crippen LogP contribution is -2.41. The number of thioether (sulfide) groups is 1. The third-order valence-corrected chi connectivity index (χ3v) is 5.43. The first-order valence-corrected chi connectivity index (χ1v) is 9.91. The van der Waals surface area contributed by atoms with Crippen molar-refractivity contribution in [1.82, 2.24) is 4.90 Å². The molecule has 0 amide bonds. The molecule has 2 N–H and O–H groups in total. The monoisotopic (exact) mass is 412 g/mol. The third-order valence-electron chi connectivity index (χ3n) is 4.31. The average Bonchev–Trinajstić information content (AvgIpc) is 3.13. The van der Waals surface area contributed by atoms with Gasteiger partial charge in [-0.1, -0.05) is 23.9 Å². The van der Waals surface area contributed by atoms with Gasteiger partial charge in [0.1, 0.15) is 18.1 Å². The van der Waals surface area contributed by atoms with Gasteiger partial charge < -0.3 is 19.7 Å². The highest BCUT2D eigenvalue weighted by molar-refractivity contribution is 8.03. The van der Waals surface area contributed by atoms with E-state index in [1.807, 2.05) is 30.3 Å². The van der Waals surface area contributed by atoms with Gasteiger partial charge in [0.2, 0.25) is 0 Å². The highest BCUT2D eigenvalue weighted by atomic mass is 32.2. The number of nitrogens with zero attached hydrogens (tertiary/aromatic N) is 2. The summed E-state index contributed by atoms with van der Waals surface area (Å²) < 4.78 is 10.2. The first kappa shape index (κ1) is 20.5. The van der Waals surface area contributed by atoms with E-state index >= 15 is 0 Å². The van der Waals surface area contributed by atoms with E-state index in [4.69, 9.17) is 14.9 Å². The molecule has 3 rings (SSSR count). The van der Waals surface area contributed by atoms with E-state index in [1.165, 1.54) is 16.7 Å². The van der Waals surface area contributed by atoms with Crippen molar-refractivity contribution >= 4 is 35.2 Å². The molecule has 0 saturated carbocycles. The van der Waals surface area contributed by atoms with E-state index in [0.29, 0.717) is 10.6 Å². The maximum Gasteiger partial charge on any atom is 0.355 e. The molecule has 8 nitrogen and oxygen atoms in total. The number of hydrogen-bond donors (Lipinski definition) is 2. The van der Waals surface area contributed by atoms with Crippen LogP contribution < -0.4 is 5.32 Å². The number of anilines is 1. The van der Waals surface area contributed by atoms with Crippen molar-refractivity contribution in [2.45, 2.75) is 25.2 Å². The third kappa shape index (κ3) is 3.98. The number of benzene rings is 1. The van der Waals surface area contributed by atoms with Crippen LogP contribution in [0.15, 0.2) is 51.0 Å². The Bertz CT molecular complexity index is 950. The van der Waals surface area contributed by atoms with E-state index in [9.17, 15) is 14.9 Å². The second-order valence-electron chi connectivity index (χ2n) is 6.07. The molecule has 29 heavy (non-hydrogen) atoms. The predicted molar refractivity (Wildman–Crippen MR) is 108 cm³/mol. The van der Waals surface area contributed by atoms with Gasteiger partial charge in [-0.25, -0.2) is 9.59 Å². The minimum atomic E-state index is -0.755. The van der Waals surface area contributed by atoms with E-state index < -0.39 is 11.9 Å². The molecule has 2 aliphatic heterocycles. The Labute approximate surface area is 172 Å². The standard InChI is InChI=1S/C20H20N4O4S/c1-3-27-19(25)12-11-13(18-23-14-7-5-6-8-15(14)29-18)17(22)24(10-9-21)16(12)20(26)28-4-2/h5-8,22-23H,3-4,10-11H2,1-2H3/b18-13+,22-17?. The van der Waals surface area contributed by atoms with Gasteiger partial charge in [-0.05, 0) is 26.0 Å². The van der Waals surface area contributed by atoms with Gasteiger partial charge in [-0.15, -0.1) is 0 Å². The summed E-state index contributed by atoms with van der Waals surface area (Å²) in [6.45, 7) is 3.29. The van der Waals surface area contributed by atoms with E-state index in [0.717, 1.165) is 10.6 Å². The molecule has 0 spiro atoms. The van der Waals surface area contributed by atoms with E-state index in [1.54, 1.807) is 13.8 Å². The smallest absolute Gasteiger partial charge is 0.355 e. The largest absolute Gasteiger partial charge is 0.463 e. The summed E-state index contributed by atoms with van der Waals surface area (Å²) in [5.41, 5.74) is 1.38. The van der Waals surface area contributed by atoms with Gasteiger partial charge in [0.05, 0.1) is 35.6 Å². The van der Waals surface area contributed by atoms with Crippen molar-refractivity contribution in [3.63, 3.8) is 0 Å². The van der Waals surface area contributed by atoms with E-state index in [-0.39, 0.29) is 43.3 Å². The fraction of sp³-hybridized carbons (Fsp3) is 0.300. The summed E-state index contributed by atoms with van der Waals surface area (Å²) in [4.78, 5) is 27.4. The topological polar surface area (TPSA) is 116 Å². The zero-order chi connectivity index (χ0) is 21.0. The maximum absolute atomic E-state index is 12.6. The summed E-state index contributed by atoms with van der Waals surface area (Å²) in [6.07, 6.45) is 0.0249. The van der Waals surface area contributed by atoms with Crippen LogP contribution in [0.25, 0.3) is 0 Å². The number of ether oxygens (including phenoxy) is 2. The summed E-state index contributed by atoms with van der Waals surface area (Å²) in [6, 6.07) is 9.64. The number of para-hydroxylation sites is 1. The van der Waals surface area contributed by atoms with Gasteiger partial charge in [0.25, 0.3) is 0 Å². The SMILES string of the molecule is CCOC(=O)C1=C(C(=O)OCC)N(CC#N)C(=N)/C(=C2\Nc3ccccc3S2)C1. The van der Waals surface area contributed by atoms with E-state index in [2.05, 4.69) is 5.32 Å². The van der Waals surface area contributed by atoms with Crippen molar-refractivity contribution in [1.29, 1.82) is 10.7 Å². The second kappa shape index (κ2) is 8.84. The summed E-state index contributed by atoms with van der Waals surface area (Å²) in [5.74, 6) is -1.44. The number of carbonyl (C=O) groups is 2. The Morgan fingerprint density at radius 1 is 1.24 bits per heavy atom. The Hall–Kier alpha value is -3.25. The van der Waals surface area contributed by atoms with Gasteiger partial charge in [-0.3, -0.25) is 5.41 Å². The molecular formula is C20H20N4O4S. The Balaban J connectivity index is 2.11. The lowest BCUT2D eigenvalue weighted by atomic mass is 9.96. The molecule has 0 atom stereocenters. The number of esters is 2. The molecule has 2 aliphatic rings. The fourth-order valence-electron chi connectivity index (χ4n) is 3.07. The van der Waals surface area contributed by atoms with Crippen LogP contribution in [-0.4, -0.2) is 42.4 Å².